The molecule has 0 atom stereocenters. The lowest BCUT2D eigenvalue weighted by Crippen LogP contribution is -2.10. The van der Waals surface area contributed by atoms with Gasteiger partial charge in [0.05, 0.1) is 18.8 Å². The van der Waals surface area contributed by atoms with Crippen LogP contribution in [0.2, 0.25) is 0 Å². The minimum Gasteiger partial charge on any atom is -0.464 e. The molecule has 0 aliphatic carbocycles. The van der Waals surface area contributed by atoms with Crippen molar-refractivity contribution in [2.45, 2.75) is 19.9 Å². The topological polar surface area (TPSA) is 44.1 Å². The maximum atomic E-state index is 12.3. The van der Waals surface area contributed by atoms with Crippen LogP contribution in [-0.2, 0) is 11.3 Å². The highest BCUT2D eigenvalue weighted by atomic mass is 16.5. The molecule has 4 aromatic rings. The van der Waals surface area contributed by atoms with Crippen molar-refractivity contribution in [1.29, 1.82) is 0 Å². The molecule has 0 N–H and O–H groups in total. The molecule has 0 aliphatic rings. The van der Waals surface area contributed by atoms with Crippen molar-refractivity contribution in [3.05, 3.63) is 78.8 Å². The third-order valence-electron chi connectivity index (χ3n) is 4.95. The Bertz CT molecular complexity index is 1130. The summed E-state index contributed by atoms with van der Waals surface area (Å²) in [6.45, 7) is 2.83. The van der Waals surface area contributed by atoms with Gasteiger partial charge in [0.1, 0.15) is 5.69 Å². The van der Waals surface area contributed by atoms with Gasteiger partial charge in [-0.2, -0.15) is 0 Å². The summed E-state index contributed by atoms with van der Waals surface area (Å²) in [5, 5.41) is 1.01. The number of aryl methyl sites for hydroxylation is 1. The number of ether oxygens (including phenoxy) is 1. The first-order valence-electron chi connectivity index (χ1n) is 9.44. The lowest BCUT2D eigenvalue weighted by Gasteiger charge is -2.09. The number of carbonyl (C=O) groups excluding carboxylic acids is 1. The number of aromatic nitrogens is 2. The Hall–Kier alpha value is -3.40. The van der Waals surface area contributed by atoms with Crippen molar-refractivity contribution in [1.82, 2.24) is 9.55 Å². The first-order chi connectivity index (χ1) is 13.7. The van der Waals surface area contributed by atoms with Crippen molar-refractivity contribution >= 4 is 16.9 Å². The minimum atomic E-state index is -0.325. The Labute approximate surface area is 164 Å². The van der Waals surface area contributed by atoms with Crippen LogP contribution >= 0.6 is 0 Å². The van der Waals surface area contributed by atoms with Crippen LogP contribution in [-0.4, -0.2) is 22.6 Å². The molecular formula is C24H22N2O2. The summed E-state index contributed by atoms with van der Waals surface area (Å²) in [7, 11) is 1.42. The first kappa shape index (κ1) is 18.0. The van der Waals surface area contributed by atoms with E-state index < -0.39 is 0 Å². The summed E-state index contributed by atoms with van der Waals surface area (Å²) in [6, 6.07) is 20.6. The summed E-state index contributed by atoms with van der Waals surface area (Å²) in [5.74, 6) is -0.325. The van der Waals surface area contributed by atoms with E-state index in [0.717, 1.165) is 40.6 Å². The third kappa shape index (κ3) is 3.18. The largest absolute Gasteiger partial charge is 0.464 e. The molecule has 2 heterocycles. The Morgan fingerprint density at radius 2 is 1.71 bits per heavy atom. The highest BCUT2D eigenvalue weighted by Gasteiger charge is 2.18. The standard InChI is InChI=1S/C24H22N2O2/c1-3-12-26-22(24(27)28-2)14-20-21(15-25-16-23(20)26)19-11-7-10-18(13-19)17-8-5-4-6-9-17/h4-11,13-16H,3,12H2,1-2H3. The fraction of sp³-hybridized carbons (Fsp3) is 0.167. The van der Waals surface area contributed by atoms with Crippen LogP contribution in [0.1, 0.15) is 23.8 Å². The van der Waals surface area contributed by atoms with Gasteiger partial charge in [-0.05, 0) is 35.2 Å². The van der Waals surface area contributed by atoms with Gasteiger partial charge in [-0.15, -0.1) is 0 Å². The molecule has 0 bridgehead atoms. The average Bonchev–Trinajstić information content (AvgIpc) is 3.13. The fourth-order valence-corrected chi connectivity index (χ4v) is 3.64. The van der Waals surface area contributed by atoms with E-state index >= 15 is 0 Å². The van der Waals surface area contributed by atoms with E-state index in [0.29, 0.717) is 5.69 Å². The normalized spacial score (nSPS) is 10.9. The van der Waals surface area contributed by atoms with Crippen molar-refractivity contribution in [3.63, 3.8) is 0 Å². The van der Waals surface area contributed by atoms with Crippen LogP contribution < -0.4 is 0 Å². The number of nitrogens with zero attached hydrogens (tertiary/aromatic N) is 2. The van der Waals surface area contributed by atoms with Gasteiger partial charge < -0.3 is 9.30 Å². The molecule has 4 heteroatoms. The molecule has 2 aromatic carbocycles. The van der Waals surface area contributed by atoms with Crippen molar-refractivity contribution in [2.24, 2.45) is 0 Å². The molecule has 0 radical (unpaired) electrons. The summed E-state index contributed by atoms with van der Waals surface area (Å²) < 4.78 is 6.99. The van der Waals surface area contributed by atoms with E-state index in [9.17, 15) is 4.79 Å². The average molecular weight is 370 g/mol. The molecule has 2 aromatic heterocycles. The molecule has 4 nitrogen and oxygen atoms in total. The maximum absolute atomic E-state index is 12.3. The smallest absolute Gasteiger partial charge is 0.354 e. The zero-order valence-electron chi connectivity index (χ0n) is 16.1. The summed E-state index contributed by atoms with van der Waals surface area (Å²) >= 11 is 0. The molecule has 0 amide bonds. The molecule has 28 heavy (non-hydrogen) atoms. The number of methoxy groups -OCH3 is 1. The van der Waals surface area contributed by atoms with Crippen LogP contribution in [0.15, 0.2) is 73.1 Å². The fourth-order valence-electron chi connectivity index (χ4n) is 3.64. The molecule has 0 fully saturated rings. The highest BCUT2D eigenvalue weighted by Crippen LogP contribution is 2.33. The Morgan fingerprint density at radius 1 is 0.964 bits per heavy atom. The van der Waals surface area contributed by atoms with Crippen molar-refractivity contribution < 1.29 is 9.53 Å². The van der Waals surface area contributed by atoms with E-state index in [1.807, 2.05) is 41.2 Å². The maximum Gasteiger partial charge on any atom is 0.354 e. The lowest BCUT2D eigenvalue weighted by molar-refractivity contribution is 0.0589. The first-order valence-corrected chi connectivity index (χ1v) is 9.44. The van der Waals surface area contributed by atoms with E-state index in [2.05, 4.69) is 48.3 Å². The van der Waals surface area contributed by atoms with E-state index in [1.54, 1.807) is 0 Å². The zero-order valence-corrected chi connectivity index (χ0v) is 16.1. The molecule has 0 unspecified atom stereocenters. The minimum absolute atomic E-state index is 0.325. The second kappa shape index (κ2) is 7.69. The van der Waals surface area contributed by atoms with Crippen LogP contribution in [0.3, 0.4) is 0 Å². The summed E-state index contributed by atoms with van der Waals surface area (Å²) in [4.78, 5) is 16.8. The van der Waals surface area contributed by atoms with Gasteiger partial charge in [0, 0.05) is 23.7 Å². The predicted octanol–water partition coefficient (Wildman–Crippen LogP) is 5.57. The monoisotopic (exact) mass is 370 g/mol. The number of fused-ring (bicyclic) bond motifs is 1. The van der Waals surface area contributed by atoms with Crippen molar-refractivity contribution in [2.75, 3.05) is 7.11 Å². The molecular weight excluding hydrogens is 348 g/mol. The van der Waals surface area contributed by atoms with E-state index in [4.69, 9.17) is 4.74 Å². The van der Waals surface area contributed by atoms with Crippen LogP contribution in [0.5, 0.6) is 0 Å². The van der Waals surface area contributed by atoms with Crippen LogP contribution in [0.25, 0.3) is 33.2 Å². The molecule has 140 valence electrons. The number of hydrogen-bond acceptors (Lipinski definition) is 3. The van der Waals surface area contributed by atoms with Gasteiger partial charge in [-0.3, -0.25) is 4.98 Å². The van der Waals surface area contributed by atoms with Gasteiger partial charge in [0.25, 0.3) is 0 Å². The molecule has 0 saturated carbocycles. The van der Waals surface area contributed by atoms with Gasteiger partial charge in [-0.1, -0.05) is 55.5 Å². The van der Waals surface area contributed by atoms with E-state index in [1.165, 1.54) is 12.7 Å². The summed E-state index contributed by atoms with van der Waals surface area (Å²) in [5.41, 5.74) is 5.91. The number of esters is 1. The van der Waals surface area contributed by atoms with Gasteiger partial charge in [0.15, 0.2) is 0 Å². The highest BCUT2D eigenvalue weighted by molar-refractivity contribution is 6.01. The van der Waals surface area contributed by atoms with Gasteiger partial charge in [0.2, 0.25) is 0 Å². The van der Waals surface area contributed by atoms with Gasteiger partial charge >= 0.3 is 5.97 Å². The summed E-state index contributed by atoms with van der Waals surface area (Å²) in [6.07, 6.45) is 4.60. The van der Waals surface area contributed by atoms with Crippen LogP contribution in [0, 0.1) is 0 Å². The molecule has 0 spiro atoms. The number of pyridine rings is 1. The van der Waals surface area contributed by atoms with Gasteiger partial charge in [-0.25, -0.2) is 4.79 Å². The predicted molar refractivity (Wildman–Crippen MR) is 112 cm³/mol. The molecule has 4 rings (SSSR count). The molecule has 0 aliphatic heterocycles. The second-order valence-corrected chi connectivity index (χ2v) is 6.74. The Kier molecular flexibility index (Phi) is 4.94. The number of benzene rings is 2. The number of hydrogen-bond donors (Lipinski definition) is 0. The molecule has 0 saturated heterocycles. The Balaban J connectivity index is 1.89. The number of carbonyl (C=O) groups is 1. The van der Waals surface area contributed by atoms with Crippen molar-refractivity contribution in [3.8, 4) is 22.3 Å². The van der Waals surface area contributed by atoms with E-state index in [-0.39, 0.29) is 5.97 Å². The Morgan fingerprint density at radius 3 is 2.46 bits per heavy atom. The lowest BCUT2D eigenvalue weighted by atomic mass is 9.98. The quantitative estimate of drug-likeness (QED) is 0.432. The zero-order chi connectivity index (χ0) is 19.5. The number of rotatable bonds is 5. The third-order valence-corrected chi connectivity index (χ3v) is 4.95. The van der Waals surface area contributed by atoms with Crippen LogP contribution in [0.4, 0.5) is 0 Å². The second-order valence-electron chi connectivity index (χ2n) is 6.74. The SMILES string of the molecule is CCCn1c(C(=O)OC)cc2c(-c3cccc(-c4ccccc4)c3)cncc21.